The molecule has 1 amide bonds. The SMILES string of the molecule is CC(NC(=O)CC(C)(C)C)c1ncc(-c2ccc(F)cc2)o1. The van der Waals surface area contributed by atoms with Crippen molar-refractivity contribution >= 4 is 5.91 Å². The zero-order chi connectivity index (χ0) is 16.3. The lowest BCUT2D eigenvalue weighted by molar-refractivity contribution is -0.123. The third kappa shape index (κ3) is 4.41. The third-order valence-electron chi connectivity index (χ3n) is 3.09. The van der Waals surface area contributed by atoms with Crippen LogP contribution in [0.2, 0.25) is 0 Å². The number of hydrogen-bond donors (Lipinski definition) is 1. The molecule has 0 bridgehead atoms. The van der Waals surface area contributed by atoms with Crippen LogP contribution in [-0.4, -0.2) is 10.9 Å². The van der Waals surface area contributed by atoms with E-state index in [0.29, 0.717) is 18.1 Å². The van der Waals surface area contributed by atoms with Gasteiger partial charge in [0.15, 0.2) is 5.76 Å². The average molecular weight is 304 g/mol. The summed E-state index contributed by atoms with van der Waals surface area (Å²) < 4.78 is 18.6. The summed E-state index contributed by atoms with van der Waals surface area (Å²) in [5.41, 5.74) is 0.674. The number of oxazole rings is 1. The summed E-state index contributed by atoms with van der Waals surface area (Å²) in [5, 5.41) is 2.87. The van der Waals surface area contributed by atoms with E-state index < -0.39 is 0 Å². The van der Waals surface area contributed by atoms with Crippen LogP contribution in [0.3, 0.4) is 0 Å². The number of aromatic nitrogens is 1. The van der Waals surface area contributed by atoms with Crippen LogP contribution in [0.1, 0.15) is 46.0 Å². The highest BCUT2D eigenvalue weighted by Gasteiger charge is 2.20. The van der Waals surface area contributed by atoms with E-state index in [0.717, 1.165) is 5.56 Å². The Balaban J connectivity index is 2.04. The van der Waals surface area contributed by atoms with Crippen molar-refractivity contribution in [1.29, 1.82) is 0 Å². The second kappa shape index (κ2) is 6.30. The maximum absolute atomic E-state index is 12.9. The maximum atomic E-state index is 12.9. The molecule has 2 rings (SSSR count). The summed E-state index contributed by atoms with van der Waals surface area (Å²) in [6.07, 6.45) is 2.01. The van der Waals surface area contributed by atoms with Crippen molar-refractivity contribution in [2.24, 2.45) is 5.41 Å². The first-order valence-corrected chi connectivity index (χ1v) is 7.26. The van der Waals surface area contributed by atoms with Gasteiger partial charge in [-0.1, -0.05) is 20.8 Å². The summed E-state index contributed by atoms with van der Waals surface area (Å²) in [6.45, 7) is 7.85. The molecule has 1 atom stereocenters. The highest BCUT2D eigenvalue weighted by atomic mass is 19.1. The number of carbonyl (C=O) groups is 1. The second-order valence-corrected chi connectivity index (χ2v) is 6.60. The minimum absolute atomic E-state index is 0.0402. The average Bonchev–Trinajstić information content (AvgIpc) is 2.86. The summed E-state index contributed by atoms with van der Waals surface area (Å²) >= 11 is 0. The summed E-state index contributed by atoms with van der Waals surface area (Å²) in [5.74, 6) is 0.640. The Bertz CT molecular complexity index is 641. The Labute approximate surface area is 129 Å². The summed E-state index contributed by atoms with van der Waals surface area (Å²) in [4.78, 5) is 16.1. The van der Waals surface area contributed by atoms with E-state index >= 15 is 0 Å². The number of halogens is 1. The number of hydrogen-bond acceptors (Lipinski definition) is 3. The van der Waals surface area contributed by atoms with Crippen LogP contribution < -0.4 is 5.32 Å². The minimum atomic E-state index is -0.316. The van der Waals surface area contributed by atoms with Crippen molar-refractivity contribution in [2.75, 3.05) is 0 Å². The van der Waals surface area contributed by atoms with Gasteiger partial charge in [-0.15, -0.1) is 0 Å². The van der Waals surface area contributed by atoms with Crippen molar-refractivity contribution in [2.45, 2.75) is 40.2 Å². The van der Waals surface area contributed by atoms with Gasteiger partial charge in [0.2, 0.25) is 11.8 Å². The number of carbonyl (C=O) groups excluding carboxylic acids is 1. The third-order valence-corrected chi connectivity index (χ3v) is 3.09. The lowest BCUT2D eigenvalue weighted by atomic mass is 9.92. The number of nitrogens with zero attached hydrogens (tertiary/aromatic N) is 1. The van der Waals surface area contributed by atoms with Gasteiger partial charge in [-0.3, -0.25) is 4.79 Å². The van der Waals surface area contributed by atoms with E-state index in [1.807, 2.05) is 27.7 Å². The zero-order valence-electron chi connectivity index (χ0n) is 13.3. The smallest absolute Gasteiger partial charge is 0.221 e. The van der Waals surface area contributed by atoms with E-state index in [4.69, 9.17) is 4.42 Å². The monoisotopic (exact) mass is 304 g/mol. The van der Waals surface area contributed by atoms with Gasteiger partial charge in [-0.2, -0.15) is 0 Å². The van der Waals surface area contributed by atoms with Crippen LogP contribution in [-0.2, 0) is 4.79 Å². The lowest BCUT2D eigenvalue weighted by Gasteiger charge is -2.18. The van der Waals surface area contributed by atoms with E-state index in [1.165, 1.54) is 12.1 Å². The van der Waals surface area contributed by atoms with Crippen molar-refractivity contribution in [1.82, 2.24) is 10.3 Å². The molecule has 1 aromatic carbocycles. The molecule has 22 heavy (non-hydrogen) atoms. The molecule has 0 saturated carbocycles. The molecule has 1 unspecified atom stereocenters. The molecule has 0 saturated heterocycles. The van der Waals surface area contributed by atoms with E-state index in [1.54, 1.807) is 18.3 Å². The van der Waals surface area contributed by atoms with Crippen LogP contribution in [0.15, 0.2) is 34.9 Å². The Morgan fingerprint density at radius 1 is 1.32 bits per heavy atom. The zero-order valence-corrected chi connectivity index (χ0v) is 13.3. The van der Waals surface area contributed by atoms with Gasteiger partial charge in [0, 0.05) is 12.0 Å². The largest absolute Gasteiger partial charge is 0.438 e. The topological polar surface area (TPSA) is 55.1 Å². The maximum Gasteiger partial charge on any atom is 0.221 e. The van der Waals surface area contributed by atoms with E-state index in [-0.39, 0.29) is 23.2 Å². The van der Waals surface area contributed by atoms with Gasteiger partial charge >= 0.3 is 0 Å². The molecule has 4 nitrogen and oxygen atoms in total. The normalized spacial score (nSPS) is 13.0. The molecule has 2 aromatic rings. The first-order chi connectivity index (χ1) is 10.2. The van der Waals surface area contributed by atoms with Gasteiger partial charge < -0.3 is 9.73 Å². The molecule has 0 aliphatic carbocycles. The first kappa shape index (κ1) is 16.2. The fourth-order valence-electron chi connectivity index (χ4n) is 2.07. The molecule has 1 heterocycles. The molecule has 0 aliphatic heterocycles. The lowest BCUT2D eigenvalue weighted by Crippen LogP contribution is -2.30. The van der Waals surface area contributed by atoms with Gasteiger partial charge in [0.25, 0.3) is 0 Å². The molecule has 0 aliphatic rings. The molecule has 1 N–H and O–H groups in total. The molecular formula is C17H21FN2O2. The van der Waals surface area contributed by atoms with Gasteiger partial charge in [-0.25, -0.2) is 9.37 Å². The van der Waals surface area contributed by atoms with E-state index in [9.17, 15) is 9.18 Å². The predicted octanol–water partition coefficient (Wildman–Crippen LogP) is 4.09. The van der Waals surface area contributed by atoms with Gasteiger partial charge in [-0.05, 0) is 36.6 Å². The molecule has 0 spiro atoms. The summed E-state index contributed by atoms with van der Waals surface area (Å²) in [7, 11) is 0. The summed E-state index contributed by atoms with van der Waals surface area (Å²) in [6, 6.07) is 5.67. The number of amides is 1. The molecular weight excluding hydrogens is 283 g/mol. The van der Waals surface area contributed by atoms with Crippen molar-refractivity contribution in [3.05, 3.63) is 42.2 Å². The van der Waals surface area contributed by atoms with Gasteiger partial charge in [0.1, 0.15) is 11.9 Å². The Morgan fingerprint density at radius 2 is 1.95 bits per heavy atom. The molecule has 5 heteroatoms. The predicted molar refractivity (Wildman–Crippen MR) is 82.5 cm³/mol. The molecule has 0 fully saturated rings. The van der Waals surface area contributed by atoms with Gasteiger partial charge in [0.05, 0.1) is 6.20 Å². The number of rotatable bonds is 4. The fraction of sp³-hybridized carbons (Fsp3) is 0.412. The van der Waals surface area contributed by atoms with Crippen LogP contribution in [0, 0.1) is 11.2 Å². The van der Waals surface area contributed by atoms with Crippen LogP contribution in [0.5, 0.6) is 0 Å². The minimum Gasteiger partial charge on any atom is -0.438 e. The van der Waals surface area contributed by atoms with Crippen LogP contribution >= 0.6 is 0 Å². The quantitative estimate of drug-likeness (QED) is 0.925. The Morgan fingerprint density at radius 3 is 2.55 bits per heavy atom. The number of nitrogens with one attached hydrogen (secondary N) is 1. The highest BCUT2D eigenvalue weighted by molar-refractivity contribution is 5.76. The van der Waals surface area contributed by atoms with Crippen molar-refractivity contribution in [3.8, 4) is 11.3 Å². The Kier molecular flexibility index (Phi) is 4.64. The first-order valence-electron chi connectivity index (χ1n) is 7.26. The van der Waals surface area contributed by atoms with Crippen molar-refractivity contribution in [3.63, 3.8) is 0 Å². The fourth-order valence-corrected chi connectivity index (χ4v) is 2.07. The van der Waals surface area contributed by atoms with Crippen LogP contribution in [0.25, 0.3) is 11.3 Å². The second-order valence-electron chi connectivity index (χ2n) is 6.60. The molecule has 1 aromatic heterocycles. The Hall–Kier alpha value is -2.17. The molecule has 118 valence electrons. The van der Waals surface area contributed by atoms with Crippen molar-refractivity contribution < 1.29 is 13.6 Å². The van der Waals surface area contributed by atoms with Crippen LogP contribution in [0.4, 0.5) is 4.39 Å². The number of benzene rings is 1. The molecule has 0 radical (unpaired) electrons. The standard InChI is InChI=1S/C17H21FN2O2/c1-11(20-15(21)9-17(2,3)4)16-19-10-14(22-16)12-5-7-13(18)8-6-12/h5-8,10-11H,9H2,1-4H3,(H,20,21). The highest BCUT2D eigenvalue weighted by Crippen LogP contribution is 2.24. The van der Waals surface area contributed by atoms with E-state index in [2.05, 4.69) is 10.3 Å².